The van der Waals surface area contributed by atoms with Crippen molar-refractivity contribution in [3.05, 3.63) is 17.5 Å². The second-order valence-corrected chi connectivity index (χ2v) is 2.39. The molecular formula is C6H10BN3O. The van der Waals surface area contributed by atoms with E-state index >= 15 is 0 Å². The lowest BCUT2D eigenvalue weighted by molar-refractivity contribution is 0.244. The van der Waals surface area contributed by atoms with E-state index in [1.165, 1.54) is 4.68 Å². The fourth-order valence-corrected chi connectivity index (χ4v) is 0.940. The number of amides is 1. The Morgan fingerprint density at radius 3 is 2.73 bits per heavy atom. The third-order valence-corrected chi connectivity index (χ3v) is 1.42. The fourth-order valence-electron chi connectivity index (χ4n) is 0.940. The maximum absolute atomic E-state index is 11.0. The minimum atomic E-state index is -0.199. The average Bonchev–Trinajstić information content (AvgIpc) is 2.28. The van der Waals surface area contributed by atoms with E-state index in [1.807, 2.05) is 19.9 Å². The summed E-state index contributed by atoms with van der Waals surface area (Å²) >= 11 is 0. The van der Waals surface area contributed by atoms with E-state index in [9.17, 15) is 4.79 Å². The highest BCUT2D eigenvalue weighted by Gasteiger charge is 2.05. The summed E-state index contributed by atoms with van der Waals surface area (Å²) in [5, 5.41) is 6.48. The quantitative estimate of drug-likeness (QED) is 0.513. The fraction of sp³-hybridized carbons (Fsp3) is 0.333. The van der Waals surface area contributed by atoms with Gasteiger partial charge in [-0.3, -0.25) is 0 Å². The van der Waals surface area contributed by atoms with E-state index in [-0.39, 0.29) is 6.03 Å². The molecule has 5 heteroatoms. The molecule has 0 atom stereocenters. The van der Waals surface area contributed by atoms with Gasteiger partial charge in [0.15, 0.2) is 0 Å². The van der Waals surface area contributed by atoms with E-state index in [2.05, 4.69) is 10.3 Å². The van der Waals surface area contributed by atoms with Gasteiger partial charge in [0, 0.05) is 5.69 Å². The van der Waals surface area contributed by atoms with Gasteiger partial charge in [-0.1, -0.05) is 0 Å². The highest BCUT2D eigenvalue weighted by atomic mass is 16.2. The molecule has 0 aliphatic heterocycles. The number of hydrogen-bond donors (Lipinski definition) is 1. The molecule has 0 fully saturated rings. The first-order valence-electron chi connectivity index (χ1n) is 3.40. The van der Waals surface area contributed by atoms with Crippen LogP contribution in [0.25, 0.3) is 0 Å². The van der Waals surface area contributed by atoms with E-state index in [1.54, 1.807) is 7.98 Å². The summed E-state index contributed by atoms with van der Waals surface area (Å²) in [5.74, 6) is 0. The van der Waals surface area contributed by atoms with Crippen molar-refractivity contribution in [2.24, 2.45) is 0 Å². The second kappa shape index (κ2) is 2.78. The van der Waals surface area contributed by atoms with Crippen LogP contribution in [0.4, 0.5) is 4.79 Å². The Morgan fingerprint density at radius 2 is 2.36 bits per heavy atom. The zero-order valence-electron chi connectivity index (χ0n) is 6.88. The number of aryl methyl sites for hydroxylation is 2. The van der Waals surface area contributed by atoms with Crippen LogP contribution in [0.1, 0.15) is 11.4 Å². The number of nitrogens with zero attached hydrogens (tertiary/aromatic N) is 2. The van der Waals surface area contributed by atoms with Crippen LogP contribution in [0.3, 0.4) is 0 Å². The third kappa shape index (κ3) is 1.42. The summed E-state index contributed by atoms with van der Waals surface area (Å²) in [7, 11) is 1.58. The van der Waals surface area contributed by atoms with Crippen LogP contribution in [-0.4, -0.2) is 23.8 Å². The van der Waals surface area contributed by atoms with Crippen molar-refractivity contribution < 1.29 is 4.79 Å². The molecular weight excluding hydrogens is 141 g/mol. The molecule has 0 saturated heterocycles. The standard InChI is InChI=1S/C6H10BN3O/c1-4-3-5(2)10(9-4)6(11)8-7/h3H,7H2,1-2H3,(H,8,11). The van der Waals surface area contributed by atoms with Crippen molar-refractivity contribution in [1.82, 2.24) is 15.0 Å². The maximum atomic E-state index is 11.0. The molecule has 0 aromatic carbocycles. The summed E-state index contributed by atoms with van der Waals surface area (Å²) in [6, 6.07) is 1.66. The van der Waals surface area contributed by atoms with Gasteiger partial charge in [-0.25, -0.2) is 4.79 Å². The third-order valence-electron chi connectivity index (χ3n) is 1.42. The summed E-state index contributed by atoms with van der Waals surface area (Å²) < 4.78 is 1.34. The van der Waals surface area contributed by atoms with Gasteiger partial charge in [0.1, 0.15) is 0 Å². The van der Waals surface area contributed by atoms with Gasteiger partial charge in [0.05, 0.1) is 5.69 Å². The van der Waals surface area contributed by atoms with Crippen LogP contribution in [0, 0.1) is 13.8 Å². The van der Waals surface area contributed by atoms with Crippen LogP contribution in [0.5, 0.6) is 0 Å². The van der Waals surface area contributed by atoms with Gasteiger partial charge in [0.25, 0.3) is 0 Å². The lowest BCUT2D eigenvalue weighted by Gasteiger charge is -1.99. The molecule has 0 unspecified atom stereocenters. The largest absolute Gasteiger partial charge is 0.387 e. The Kier molecular flexibility index (Phi) is 1.98. The number of nitrogens with one attached hydrogen (secondary N) is 1. The van der Waals surface area contributed by atoms with Crippen LogP contribution in [-0.2, 0) is 0 Å². The van der Waals surface area contributed by atoms with E-state index in [0.717, 1.165) is 11.4 Å². The minimum absolute atomic E-state index is 0.199. The van der Waals surface area contributed by atoms with Crippen molar-refractivity contribution in [1.29, 1.82) is 0 Å². The molecule has 0 aliphatic carbocycles. The lowest BCUT2D eigenvalue weighted by Crippen LogP contribution is -2.27. The molecule has 58 valence electrons. The van der Waals surface area contributed by atoms with Crippen molar-refractivity contribution >= 4 is 14.0 Å². The average molecular weight is 151 g/mol. The first-order valence-corrected chi connectivity index (χ1v) is 3.40. The minimum Gasteiger partial charge on any atom is -0.387 e. The molecule has 1 aromatic heterocycles. The molecule has 4 nitrogen and oxygen atoms in total. The van der Waals surface area contributed by atoms with Crippen molar-refractivity contribution in [2.45, 2.75) is 13.8 Å². The Bertz CT molecular complexity index is 281. The SMILES string of the molecule is BNC(=O)n1nc(C)cc1C. The van der Waals surface area contributed by atoms with Gasteiger partial charge >= 0.3 is 6.03 Å². The predicted octanol–water partition coefficient (Wildman–Crippen LogP) is -0.394. The summed E-state index contributed by atoms with van der Waals surface area (Å²) in [4.78, 5) is 11.0. The molecule has 1 heterocycles. The number of carbonyl (C=O) groups is 1. The molecule has 1 N–H and O–H groups in total. The first kappa shape index (κ1) is 7.85. The van der Waals surface area contributed by atoms with E-state index in [4.69, 9.17) is 0 Å². The van der Waals surface area contributed by atoms with E-state index < -0.39 is 0 Å². The van der Waals surface area contributed by atoms with Crippen molar-refractivity contribution in [2.75, 3.05) is 0 Å². The monoisotopic (exact) mass is 151 g/mol. The molecule has 0 aliphatic rings. The molecule has 11 heavy (non-hydrogen) atoms. The molecule has 1 amide bonds. The Hall–Kier alpha value is -1.26. The number of aromatic nitrogens is 2. The topological polar surface area (TPSA) is 46.9 Å². The smallest absolute Gasteiger partial charge is 0.329 e. The second-order valence-electron chi connectivity index (χ2n) is 2.39. The Morgan fingerprint density at radius 1 is 1.73 bits per heavy atom. The highest BCUT2D eigenvalue weighted by Crippen LogP contribution is 1.99. The molecule has 0 bridgehead atoms. The van der Waals surface area contributed by atoms with Gasteiger partial charge in [0.2, 0.25) is 7.98 Å². The summed E-state index contributed by atoms with van der Waals surface area (Å²) in [6.07, 6.45) is 0. The van der Waals surface area contributed by atoms with Crippen LogP contribution < -0.4 is 5.23 Å². The van der Waals surface area contributed by atoms with Gasteiger partial charge in [-0.15, -0.1) is 0 Å². The Balaban J connectivity index is 3.03. The van der Waals surface area contributed by atoms with Crippen LogP contribution in [0.15, 0.2) is 6.07 Å². The summed E-state index contributed by atoms with van der Waals surface area (Å²) in [6.45, 7) is 3.70. The van der Waals surface area contributed by atoms with Crippen LogP contribution >= 0.6 is 0 Å². The van der Waals surface area contributed by atoms with Gasteiger partial charge in [-0.2, -0.15) is 9.78 Å². The Labute approximate surface area is 66.0 Å². The molecule has 1 aromatic rings. The van der Waals surface area contributed by atoms with Gasteiger partial charge in [-0.05, 0) is 19.9 Å². The maximum Gasteiger partial charge on any atom is 0.329 e. The zero-order valence-corrected chi connectivity index (χ0v) is 6.88. The zero-order chi connectivity index (χ0) is 8.43. The highest BCUT2D eigenvalue weighted by molar-refractivity contribution is 6.14. The lowest BCUT2D eigenvalue weighted by atomic mass is 10.4. The number of carbonyl (C=O) groups excluding carboxylic acids is 1. The molecule has 1 rings (SSSR count). The number of rotatable bonds is 0. The van der Waals surface area contributed by atoms with Gasteiger partial charge < -0.3 is 5.23 Å². The van der Waals surface area contributed by atoms with Crippen molar-refractivity contribution in [3.63, 3.8) is 0 Å². The normalized spacial score (nSPS) is 9.64. The molecule has 0 spiro atoms. The summed E-state index contributed by atoms with van der Waals surface area (Å²) in [5.41, 5.74) is 1.70. The first-order chi connectivity index (χ1) is 5.15. The molecule has 0 saturated carbocycles. The number of hydrogen-bond acceptors (Lipinski definition) is 2. The van der Waals surface area contributed by atoms with Crippen molar-refractivity contribution in [3.8, 4) is 0 Å². The molecule has 0 radical (unpaired) electrons. The van der Waals surface area contributed by atoms with Crippen LogP contribution in [0.2, 0.25) is 0 Å². The predicted molar refractivity (Wildman–Crippen MR) is 44.2 cm³/mol. The van der Waals surface area contributed by atoms with E-state index in [0.29, 0.717) is 0 Å².